The first-order valence-corrected chi connectivity index (χ1v) is 18.8. The van der Waals surface area contributed by atoms with Crippen molar-refractivity contribution < 1.29 is 9.53 Å². The fourth-order valence-corrected chi connectivity index (χ4v) is 7.81. The summed E-state index contributed by atoms with van der Waals surface area (Å²) < 4.78 is 10.2. The standard InChI is InChI=1S/C47H40N6O2/c54-46(48-32-34-16-5-1-6-17-34)37-19-15-18-35(30-37)44-41-31-36(27-28-42(41)53(50-44)43-26-13-14-29-55-43)45-49-33-52(51-45)47(38-20-7-2-8-21-38,39-22-9-3-10-23-39)40-24-11-4-12-25-40/h1-12,15-25,27-28,30-31,33,43H,13-14,26,29,32H2,(H,48,54). The quantitative estimate of drug-likeness (QED) is 0.142. The maximum absolute atomic E-state index is 13.4. The zero-order chi connectivity index (χ0) is 37.0. The highest BCUT2D eigenvalue weighted by Gasteiger charge is 2.39. The molecule has 1 fully saturated rings. The highest BCUT2D eigenvalue weighted by molar-refractivity contribution is 5.99. The molecular formula is C47H40N6O2. The zero-order valence-electron chi connectivity index (χ0n) is 30.3. The molecular weight excluding hydrogens is 681 g/mol. The van der Waals surface area contributed by atoms with Gasteiger partial charge in [-0.2, -0.15) is 5.10 Å². The number of fused-ring (bicyclic) bond motifs is 1. The molecule has 1 saturated heterocycles. The second-order valence-corrected chi connectivity index (χ2v) is 13.9. The molecule has 9 rings (SSSR count). The van der Waals surface area contributed by atoms with Crippen LogP contribution in [0, 0.1) is 0 Å². The summed E-state index contributed by atoms with van der Waals surface area (Å²) in [4.78, 5) is 18.3. The molecule has 0 saturated carbocycles. The number of benzene rings is 6. The van der Waals surface area contributed by atoms with Gasteiger partial charge in [-0.05, 0) is 71.8 Å². The molecule has 2 aromatic heterocycles. The van der Waals surface area contributed by atoms with E-state index in [0.29, 0.717) is 24.5 Å². The van der Waals surface area contributed by atoms with E-state index in [1.54, 1.807) is 0 Å². The Labute approximate surface area is 320 Å². The zero-order valence-corrected chi connectivity index (χ0v) is 30.3. The first-order chi connectivity index (χ1) is 27.2. The second-order valence-electron chi connectivity index (χ2n) is 13.9. The minimum Gasteiger partial charge on any atom is -0.356 e. The van der Waals surface area contributed by atoms with Gasteiger partial charge in [-0.15, -0.1) is 5.10 Å². The molecule has 1 atom stereocenters. The van der Waals surface area contributed by atoms with E-state index in [1.807, 2.05) is 88.5 Å². The molecule has 0 bridgehead atoms. The average molecular weight is 721 g/mol. The van der Waals surface area contributed by atoms with Crippen molar-refractivity contribution in [2.75, 3.05) is 6.61 Å². The molecule has 8 aromatic rings. The predicted octanol–water partition coefficient (Wildman–Crippen LogP) is 9.43. The van der Waals surface area contributed by atoms with Gasteiger partial charge in [-0.1, -0.05) is 133 Å². The van der Waals surface area contributed by atoms with Gasteiger partial charge in [-0.25, -0.2) is 14.3 Å². The maximum Gasteiger partial charge on any atom is 0.251 e. The second kappa shape index (κ2) is 15.0. The van der Waals surface area contributed by atoms with Crippen LogP contribution in [0.25, 0.3) is 33.5 Å². The van der Waals surface area contributed by atoms with Gasteiger partial charge in [0.1, 0.15) is 17.6 Å². The van der Waals surface area contributed by atoms with Crippen molar-refractivity contribution in [1.29, 1.82) is 0 Å². The number of ether oxygens (including phenoxy) is 1. The number of nitrogens with zero attached hydrogens (tertiary/aromatic N) is 5. The molecule has 1 unspecified atom stereocenters. The molecule has 3 heterocycles. The number of carbonyl (C=O) groups is 1. The number of aromatic nitrogens is 5. The van der Waals surface area contributed by atoms with E-state index in [4.69, 9.17) is 19.9 Å². The van der Waals surface area contributed by atoms with Crippen LogP contribution in [-0.4, -0.2) is 37.1 Å². The first-order valence-electron chi connectivity index (χ1n) is 18.8. The van der Waals surface area contributed by atoms with Crippen molar-refractivity contribution in [3.8, 4) is 22.6 Å². The lowest BCUT2D eigenvalue weighted by Crippen LogP contribution is -2.38. The van der Waals surface area contributed by atoms with Gasteiger partial charge in [0.25, 0.3) is 5.91 Å². The van der Waals surface area contributed by atoms with Gasteiger partial charge in [0.05, 0.1) is 5.52 Å². The Bertz CT molecular complexity index is 2450. The molecule has 6 aromatic carbocycles. The first kappa shape index (κ1) is 34.1. The highest BCUT2D eigenvalue weighted by atomic mass is 16.5. The van der Waals surface area contributed by atoms with E-state index < -0.39 is 5.54 Å². The van der Waals surface area contributed by atoms with Crippen LogP contribution >= 0.6 is 0 Å². The van der Waals surface area contributed by atoms with Crippen LogP contribution in [0.2, 0.25) is 0 Å². The van der Waals surface area contributed by atoms with E-state index in [0.717, 1.165) is 69.2 Å². The van der Waals surface area contributed by atoms with Crippen LogP contribution in [0.4, 0.5) is 0 Å². The lowest BCUT2D eigenvalue weighted by atomic mass is 9.77. The van der Waals surface area contributed by atoms with Crippen LogP contribution in [0.15, 0.2) is 170 Å². The maximum atomic E-state index is 13.4. The van der Waals surface area contributed by atoms with Gasteiger partial charge >= 0.3 is 0 Å². The molecule has 1 aliphatic rings. The molecule has 1 N–H and O–H groups in total. The number of hydrogen-bond acceptors (Lipinski definition) is 5. The monoisotopic (exact) mass is 720 g/mol. The lowest BCUT2D eigenvalue weighted by Gasteiger charge is -2.35. The van der Waals surface area contributed by atoms with Crippen LogP contribution in [0.5, 0.6) is 0 Å². The predicted molar refractivity (Wildman–Crippen MR) is 215 cm³/mol. The van der Waals surface area contributed by atoms with Crippen LogP contribution < -0.4 is 5.32 Å². The third-order valence-electron chi connectivity index (χ3n) is 10.5. The van der Waals surface area contributed by atoms with E-state index in [2.05, 4.69) is 96.3 Å². The van der Waals surface area contributed by atoms with Crippen LogP contribution in [0.1, 0.15) is 58.1 Å². The summed E-state index contributed by atoms with van der Waals surface area (Å²) in [7, 11) is 0. The van der Waals surface area contributed by atoms with Crippen molar-refractivity contribution in [3.05, 3.63) is 198 Å². The van der Waals surface area contributed by atoms with Crippen molar-refractivity contribution in [3.63, 3.8) is 0 Å². The summed E-state index contributed by atoms with van der Waals surface area (Å²) >= 11 is 0. The number of hydrogen-bond donors (Lipinski definition) is 1. The van der Waals surface area contributed by atoms with Crippen LogP contribution in [-0.2, 0) is 16.8 Å². The molecule has 0 radical (unpaired) electrons. The normalized spacial score (nSPS) is 14.5. The van der Waals surface area contributed by atoms with Crippen molar-refractivity contribution in [2.45, 2.75) is 37.6 Å². The van der Waals surface area contributed by atoms with E-state index in [9.17, 15) is 4.79 Å². The summed E-state index contributed by atoms with van der Waals surface area (Å²) in [5.74, 6) is 0.454. The molecule has 8 nitrogen and oxygen atoms in total. The number of amides is 1. The topological polar surface area (TPSA) is 86.9 Å². The van der Waals surface area contributed by atoms with Gasteiger partial charge in [0.15, 0.2) is 12.1 Å². The van der Waals surface area contributed by atoms with Gasteiger partial charge in [-0.3, -0.25) is 4.79 Å². The van der Waals surface area contributed by atoms with Crippen molar-refractivity contribution >= 4 is 16.8 Å². The molecule has 1 amide bonds. The van der Waals surface area contributed by atoms with Gasteiger partial charge in [0, 0.05) is 35.2 Å². The number of carbonyl (C=O) groups excluding carboxylic acids is 1. The van der Waals surface area contributed by atoms with Crippen molar-refractivity contribution in [1.82, 2.24) is 29.9 Å². The fourth-order valence-electron chi connectivity index (χ4n) is 7.81. The third-order valence-corrected chi connectivity index (χ3v) is 10.5. The lowest BCUT2D eigenvalue weighted by molar-refractivity contribution is -0.0365. The average Bonchev–Trinajstić information content (AvgIpc) is 3.91. The van der Waals surface area contributed by atoms with Gasteiger partial charge in [0.2, 0.25) is 0 Å². The van der Waals surface area contributed by atoms with E-state index in [-0.39, 0.29) is 12.1 Å². The summed E-state index contributed by atoms with van der Waals surface area (Å²) in [5, 5.41) is 14.5. The molecule has 270 valence electrons. The summed E-state index contributed by atoms with van der Waals surface area (Å²) in [6.45, 7) is 1.15. The number of rotatable bonds is 10. The Morgan fingerprint density at radius 2 is 1.35 bits per heavy atom. The number of nitrogens with one attached hydrogen (secondary N) is 1. The highest BCUT2D eigenvalue weighted by Crippen LogP contribution is 2.41. The molecule has 0 aliphatic carbocycles. The largest absolute Gasteiger partial charge is 0.356 e. The van der Waals surface area contributed by atoms with Crippen LogP contribution in [0.3, 0.4) is 0 Å². The summed E-state index contributed by atoms with van der Waals surface area (Å²) in [6.07, 6.45) is 4.66. The smallest absolute Gasteiger partial charge is 0.251 e. The Morgan fingerprint density at radius 1 is 0.691 bits per heavy atom. The minimum atomic E-state index is -0.783. The molecule has 8 heteroatoms. The fraction of sp³-hybridized carbons (Fsp3) is 0.149. The molecule has 55 heavy (non-hydrogen) atoms. The molecule has 0 spiro atoms. The summed E-state index contributed by atoms with van der Waals surface area (Å²) in [5.41, 5.74) is 7.48. The van der Waals surface area contributed by atoms with Gasteiger partial charge < -0.3 is 10.1 Å². The Hall–Kier alpha value is -6.64. The third kappa shape index (κ3) is 6.51. The minimum absolute atomic E-state index is 0.140. The van der Waals surface area contributed by atoms with E-state index in [1.165, 1.54) is 0 Å². The Kier molecular flexibility index (Phi) is 9.32. The Morgan fingerprint density at radius 3 is 1.98 bits per heavy atom. The Balaban J connectivity index is 1.15. The molecule has 1 aliphatic heterocycles. The van der Waals surface area contributed by atoms with Crippen molar-refractivity contribution in [2.24, 2.45) is 0 Å². The summed E-state index contributed by atoms with van der Waals surface area (Å²) in [6, 6.07) is 55.3. The van der Waals surface area contributed by atoms with E-state index >= 15 is 0 Å². The SMILES string of the molecule is O=C(NCc1ccccc1)c1cccc(-c2nn(C3CCCCO3)c3ccc(-c4ncn(C(c5ccccc5)(c5ccccc5)c5ccccc5)n4)cc23)c1.